The van der Waals surface area contributed by atoms with Crippen LogP contribution in [0, 0.1) is 17.1 Å². The first kappa shape index (κ1) is 17.4. The molecule has 1 heterocycles. The average Bonchev–Trinajstić information content (AvgIpc) is 2.83. The molecule has 1 N–H and O–H groups in total. The summed E-state index contributed by atoms with van der Waals surface area (Å²) >= 11 is 1.24. The lowest BCUT2D eigenvalue weighted by Crippen LogP contribution is -2.14. The standard InChI is InChI=1S/C19H18FN3OS/c20-15-6-4-7-16(10-15)22-18(24)12-25-19-14(11-21)9-13-5-2-1-3-8-17(13)23-19/h4,6-7,9-10H,1-3,5,8,12H2,(H,22,24). The molecular formula is C19H18FN3OS. The summed E-state index contributed by atoms with van der Waals surface area (Å²) in [6, 6.07) is 9.86. The fourth-order valence-corrected chi connectivity index (χ4v) is 3.65. The predicted molar refractivity (Wildman–Crippen MR) is 96.0 cm³/mol. The summed E-state index contributed by atoms with van der Waals surface area (Å²) in [5.74, 6) is -0.530. The van der Waals surface area contributed by atoms with E-state index in [0.29, 0.717) is 16.3 Å². The molecule has 0 bridgehead atoms. The minimum atomic E-state index is -0.398. The molecule has 0 fully saturated rings. The van der Waals surface area contributed by atoms with Gasteiger partial charge in [0.1, 0.15) is 16.9 Å². The molecule has 25 heavy (non-hydrogen) atoms. The number of amides is 1. The molecule has 0 aliphatic heterocycles. The van der Waals surface area contributed by atoms with Crippen LogP contribution in [-0.2, 0) is 17.6 Å². The number of anilines is 1. The summed E-state index contributed by atoms with van der Waals surface area (Å²) in [5.41, 5.74) is 3.14. The number of fused-ring (bicyclic) bond motifs is 1. The van der Waals surface area contributed by atoms with Gasteiger partial charge in [-0.1, -0.05) is 24.2 Å². The summed E-state index contributed by atoms with van der Waals surface area (Å²) in [5, 5.41) is 12.6. The number of nitrogens with zero attached hydrogens (tertiary/aromatic N) is 2. The molecule has 3 rings (SSSR count). The Balaban J connectivity index is 1.69. The highest BCUT2D eigenvalue weighted by Gasteiger charge is 2.15. The number of thioether (sulfide) groups is 1. The number of rotatable bonds is 4. The zero-order valence-corrected chi connectivity index (χ0v) is 14.5. The van der Waals surface area contributed by atoms with Crippen LogP contribution >= 0.6 is 11.8 Å². The van der Waals surface area contributed by atoms with E-state index in [9.17, 15) is 14.4 Å². The molecular weight excluding hydrogens is 337 g/mol. The molecule has 128 valence electrons. The molecule has 0 atom stereocenters. The number of benzene rings is 1. The maximum Gasteiger partial charge on any atom is 0.234 e. The number of nitrogens with one attached hydrogen (secondary N) is 1. The van der Waals surface area contributed by atoms with Crippen molar-refractivity contribution in [1.29, 1.82) is 5.26 Å². The van der Waals surface area contributed by atoms with Gasteiger partial charge in [0.25, 0.3) is 0 Å². The van der Waals surface area contributed by atoms with Crippen molar-refractivity contribution in [1.82, 2.24) is 4.98 Å². The molecule has 0 radical (unpaired) electrons. The number of pyridine rings is 1. The van der Waals surface area contributed by atoms with Gasteiger partial charge in [-0.2, -0.15) is 5.26 Å². The van der Waals surface area contributed by atoms with Gasteiger partial charge in [0.2, 0.25) is 5.91 Å². The first-order chi connectivity index (χ1) is 12.2. The average molecular weight is 355 g/mol. The summed E-state index contributed by atoms with van der Waals surface area (Å²) in [6.45, 7) is 0. The molecule has 1 aromatic heterocycles. The number of carbonyl (C=O) groups is 1. The van der Waals surface area contributed by atoms with Gasteiger partial charge in [-0.25, -0.2) is 9.37 Å². The number of aryl methyl sites for hydroxylation is 2. The highest BCUT2D eigenvalue weighted by molar-refractivity contribution is 8.00. The number of nitriles is 1. The van der Waals surface area contributed by atoms with Gasteiger partial charge in [0, 0.05) is 11.4 Å². The summed E-state index contributed by atoms with van der Waals surface area (Å²) in [4.78, 5) is 16.7. The molecule has 1 aliphatic rings. The van der Waals surface area contributed by atoms with E-state index in [4.69, 9.17) is 0 Å². The van der Waals surface area contributed by atoms with Crippen LogP contribution in [0.25, 0.3) is 0 Å². The molecule has 1 aliphatic carbocycles. The Hall–Kier alpha value is -2.39. The Morgan fingerprint density at radius 2 is 2.12 bits per heavy atom. The third-order valence-electron chi connectivity index (χ3n) is 4.08. The highest BCUT2D eigenvalue weighted by Crippen LogP contribution is 2.27. The van der Waals surface area contributed by atoms with E-state index in [2.05, 4.69) is 16.4 Å². The van der Waals surface area contributed by atoms with Crippen molar-refractivity contribution in [2.24, 2.45) is 0 Å². The maximum absolute atomic E-state index is 13.2. The van der Waals surface area contributed by atoms with Gasteiger partial charge >= 0.3 is 0 Å². The lowest BCUT2D eigenvalue weighted by molar-refractivity contribution is -0.113. The van der Waals surface area contributed by atoms with Crippen molar-refractivity contribution < 1.29 is 9.18 Å². The molecule has 0 unspecified atom stereocenters. The minimum absolute atomic E-state index is 0.122. The lowest BCUT2D eigenvalue weighted by atomic mass is 10.1. The van der Waals surface area contributed by atoms with Crippen LogP contribution in [0.2, 0.25) is 0 Å². The molecule has 0 saturated heterocycles. The van der Waals surface area contributed by atoms with Crippen LogP contribution in [0.1, 0.15) is 36.1 Å². The number of aromatic nitrogens is 1. The number of hydrogen-bond acceptors (Lipinski definition) is 4. The van der Waals surface area contributed by atoms with Crippen LogP contribution in [0.15, 0.2) is 35.4 Å². The molecule has 2 aromatic rings. The number of carbonyl (C=O) groups excluding carboxylic acids is 1. The van der Waals surface area contributed by atoms with Crippen molar-refractivity contribution in [3.8, 4) is 6.07 Å². The normalized spacial score (nSPS) is 13.4. The van der Waals surface area contributed by atoms with Gasteiger partial charge in [0.15, 0.2) is 0 Å². The molecule has 4 nitrogen and oxygen atoms in total. The quantitative estimate of drug-likeness (QED) is 0.663. The Labute approximate surface area is 150 Å². The van der Waals surface area contributed by atoms with Gasteiger partial charge in [-0.3, -0.25) is 4.79 Å². The molecule has 1 amide bonds. The smallest absolute Gasteiger partial charge is 0.234 e. The van der Waals surface area contributed by atoms with E-state index >= 15 is 0 Å². The van der Waals surface area contributed by atoms with Crippen LogP contribution in [0.5, 0.6) is 0 Å². The summed E-state index contributed by atoms with van der Waals surface area (Å²) in [7, 11) is 0. The van der Waals surface area contributed by atoms with Gasteiger partial charge in [-0.05, 0) is 55.5 Å². The number of hydrogen-bond donors (Lipinski definition) is 1. The first-order valence-electron chi connectivity index (χ1n) is 8.27. The second kappa shape index (κ2) is 8.13. The highest BCUT2D eigenvalue weighted by atomic mass is 32.2. The monoisotopic (exact) mass is 355 g/mol. The van der Waals surface area contributed by atoms with Gasteiger partial charge in [0.05, 0.1) is 11.3 Å². The zero-order chi connectivity index (χ0) is 17.6. The topological polar surface area (TPSA) is 65.8 Å². The largest absolute Gasteiger partial charge is 0.325 e. The van der Waals surface area contributed by atoms with Gasteiger partial charge in [-0.15, -0.1) is 0 Å². The van der Waals surface area contributed by atoms with Gasteiger partial charge < -0.3 is 5.32 Å². The van der Waals surface area contributed by atoms with Crippen molar-refractivity contribution in [2.45, 2.75) is 37.1 Å². The second-order valence-electron chi connectivity index (χ2n) is 5.97. The van der Waals surface area contributed by atoms with Crippen molar-refractivity contribution in [3.05, 3.63) is 53.0 Å². The number of halogens is 1. The Morgan fingerprint density at radius 3 is 2.92 bits per heavy atom. The Morgan fingerprint density at radius 1 is 1.28 bits per heavy atom. The fourth-order valence-electron chi connectivity index (χ4n) is 2.88. The SMILES string of the molecule is N#Cc1cc2c(nc1SCC(=O)Nc1cccc(F)c1)CCCCC2. The van der Waals surface area contributed by atoms with Crippen LogP contribution in [-0.4, -0.2) is 16.6 Å². The third kappa shape index (κ3) is 4.58. The summed E-state index contributed by atoms with van der Waals surface area (Å²) < 4.78 is 13.2. The van der Waals surface area contributed by atoms with Crippen LogP contribution in [0.4, 0.5) is 10.1 Å². The minimum Gasteiger partial charge on any atom is -0.325 e. The zero-order valence-electron chi connectivity index (χ0n) is 13.7. The van der Waals surface area contributed by atoms with Crippen molar-refractivity contribution >= 4 is 23.4 Å². The molecule has 0 spiro atoms. The van der Waals surface area contributed by atoms with E-state index in [1.807, 2.05) is 6.07 Å². The van der Waals surface area contributed by atoms with E-state index in [0.717, 1.165) is 36.9 Å². The van der Waals surface area contributed by atoms with Crippen molar-refractivity contribution in [3.63, 3.8) is 0 Å². The molecule has 6 heteroatoms. The molecule has 1 aromatic carbocycles. The maximum atomic E-state index is 13.2. The summed E-state index contributed by atoms with van der Waals surface area (Å²) in [6.07, 6.45) is 5.29. The second-order valence-corrected chi connectivity index (χ2v) is 6.93. The van der Waals surface area contributed by atoms with E-state index < -0.39 is 5.82 Å². The predicted octanol–water partition coefficient (Wildman–Crippen LogP) is 4.09. The lowest BCUT2D eigenvalue weighted by Gasteiger charge is -2.10. The van der Waals surface area contributed by atoms with E-state index in [-0.39, 0.29) is 11.7 Å². The Bertz CT molecular complexity index is 832. The van der Waals surface area contributed by atoms with Crippen LogP contribution in [0.3, 0.4) is 0 Å². The van der Waals surface area contributed by atoms with E-state index in [1.165, 1.54) is 30.3 Å². The van der Waals surface area contributed by atoms with E-state index in [1.54, 1.807) is 12.1 Å². The first-order valence-corrected chi connectivity index (χ1v) is 9.25. The van der Waals surface area contributed by atoms with Crippen LogP contribution < -0.4 is 5.32 Å². The fraction of sp³-hybridized carbons (Fsp3) is 0.316. The Kier molecular flexibility index (Phi) is 5.67. The van der Waals surface area contributed by atoms with Crippen molar-refractivity contribution in [2.75, 3.05) is 11.1 Å². The third-order valence-corrected chi connectivity index (χ3v) is 5.08. The molecule has 0 saturated carbocycles.